The molecule has 16 heavy (non-hydrogen) atoms. The molecule has 0 aliphatic heterocycles. The van der Waals surface area contributed by atoms with E-state index in [1.54, 1.807) is 0 Å². The van der Waals surface area contributed by atoms with Crippen molar-refractivity contribution in [1.29, 1.82) is 0 Å². The van der Waals surface area contributed by atoms with E-state index in [9.17, 15) is 0 Å². The highest BCUT2D eigenvalue weighted by Crippen LogP contribution is 2.38. The molecular formula is C12H26B2S2. The van der Waals surface area contributed by atoms with Gasteiger partial charge in [-0.25, -0.2) is 25.0 Å². The Morgan fingerprint density at radius 2 is 1.31 bits per heavy atom. The van der Waals surface area contributed by atoms with Gasteiger partial charge in [-0.1, -0.05) is 64.0 Å². The number of rotatable bonds is 3. The van der Waals surface area contributed by atoms with Crippen molar-refractivity contribution >= 4 is 38.1 Å². The monoisotopic (exact) mass is 256 g/mol. The fourth-order valence-corrected chi connectivity index (χ4v) is 4.01. The van der Waals surface area contributed by atoms with Crippen molar-refractivity contribution in [3.05, 3.63) is 0 Å². The summed E-state index contributed by atoms with van der Waals surface area (Å²) in [7, 11) is 0. The second kappa shape index (κ2) is 8.02. The van der Waals surface area contributed by atoms with Crippen molar-refractivity contribution in [1.82, 2.24) is 0 Å². The molecule has 1 aliphatic carbocycles. The van der Waals surface area contributed by atoms with E-state index >= 15 is 0 Å². The van der Waals surface area contributed by atoms with Gasteiger partial charge in [0.1, 0.15) is 0 Å². The van der Waals surface area contributed by atoms with Crippen molar-refractivity contribution < 1.29 is 0 Å². The molecular weight excluding hydrogens is 230 g/mol. The van der Waals surface area contributed by atoms with Crippen LogP contribution in [-0.2, 0) is 0 Å². The van der Waals surface area contributed by atoms with Crippen LogP contribution in [0.2, 0.25) is 11.6 Å². The third-order valence-electron chi connectivity index (χ3n) is 4.38. The lowest BCUT2D eigenvalue weighted by molar-refractivity contribution is 0.324. The second-order valence-corrected chi connectivity index (χ2v) is 6.48. The zero-order valence-corrected chi connectivity index (χ0v) is 12.6. The van der Waals surface area contributed by atoms with Gasteiger partial charge in [0.2, 0.25) is 0 Å². The zero-order valence-electron chi connectivity index (χ0n) is 10.9. The third kappa shape index (κ3) is 4.60. The maximum Gasteiger partial charge on any atom is 0.190 e. The van der Waals surface area contributed by atoms with Gasteiger partial charge in [0.15, 0.2) is 13.1 Å². The molecule has 1 aliphatic rings. The van der Waals surface area contributed by atoms with Gasteiger partial charge in [0, 0.05) is 0 Å². The predicted molar refractivity (Wildman–Crippen MR) is 85.8 cm³/mol. The summed E-state index contributed by atoms with van der Waals surface area (Å²) in [6.45, 7) is 6.87. The maximum atomic E-state index is 4.52. The van der Waals surface area contributed by atoms with Crippen LogP contribution < -0.4 is 0 Å². The van der Waals surface area contributed by atoms with Crippen molar-refractivity contribution in [2.24, 2.45) is 11.8 Å². The standard InChI is InChI=1S/C12H26B2S2/c1-9(2)10-5-3-7-11(13-15)12(14-16)8-4-6-10/h9-16H,3-8H2,1-2H3. The molecule has 0 nitrogen and oxygen atoms in total. The lowest BCUT2D eigenvalue weighted by Crippen LogP contribution is -2.11. The van der Waals surface area contributed by atoms with Crippen LogP contribution in [0.4, 0.5) is 0 Å². The SMILES string of the molecule is CC(C)C1CCCC(BS)C(BS)CCC1. The minimum absolute atomic E-state index is 0.812. The highest BCUT2D eigenvalue weighted by Gasteiger charge is 2.24. The van der Waals surface area contributed by atoms with Gasteiger partial charge >= 0.3 is 0 Å². The van der Waals surface area contributed by atoms with E-state index in [0.29, 0.717) is 0 Å². The number of hydrogen-bond acceptors (Lipinski definition) is 2. The summed E-state index contributed by atoms with van der Waals surface area (Å²) in [6.07, 6.45) is 8.41. The van der Waals surface area contributed by atoms with Crippen LogP contribution in [0.25, 0.3) is 0 Å². The minimum Gasteiger partial charge on any atom is -0.231 e. The van der Waals surface area contributed by atoms with Crippen molar-refractivity contribution in [3.8, 4) is 0 Å². The molecule has 0 spiro atoms. The van der Waals surface area contributed by atoms with Crippen LogP contribution in [0, 0.1) is 11.8 Å². The second-order valence-electron chi connectivity index (χ2n) is 5.75. The van der Waals surface area contributed by atoms with E-state index in [2.05, 4.69) is 38.8 Å². The fourth-order valence-electron chi connectivity index (χ4n) is 3.05. The largest absolute Gasteiger partial charge is 0.231 e. The summed E-state index contributed by atoms with van der Waals surface area (Å²) in [5, 5.41) is 0. The Hall–Kier alpha value is 0.830. The first-order valence-electron chi connectivity index (χ1n) is 6.90. The van der Waals surface area contributed by atoms with Crippen LogP contribution in [0.1, 0.15) is 52.4 Å². The quantitative estimate of drug-likeness (QED) is 0.557. The molecule has 92 valence electrons. The Morgan fingerprint density at radius 1 is 0.875 bits per heavy atom. The molecule has 1 rings (SSSR count). The molecule has 0 bridgehead atoms. The first-order chi connectivity index (χ1) is 7.69. The molecule has 1 fully saturated rings. The van der Waals surface area contributed by atoms with Gasteiger partial charge in [-0.15, -0.1) is 0 Å². The predicted octanol–water partition coefficient (Wildman–Crippen LogP) is 3.75. The van der Waals surface area contributed by atoms with Crippen molar-refractivity contribution in [2.45, 2.75) is 64.0 Å². The van der Waals surface area contributed by atoms with Crippen LogP contribution in [0.15, 0.2) is 0 Å². The topological polar surface area (TPSA) is 0 Å². The van der Waals surface area contributed by atoms with Crippen molar-refractivity contribution in [3.63, 3.8) is 0 Å². The van der Waals surface area contributed by atoms with Crippen molar-refractivity contribution in [2.75, 3.05) is 0 Å². The van der Waals surface area contributed by atoms with E-state index in [4.69, 9.17) is 0 Å². The van der Waals surface area contributed by atoms with Gasteiger partial charge in [-0.05, 0) is 11.8 Å². The molecule has 0 saturated heterocycles. The summed E-state index contributed by atoms with van der Waals surface area (Å²) in [5.74, 6) is 3.44. The number of hydrogen-bond donors (Lipinski definition) is 2. The average Bonchev–Trinajstić information content (AvgIpc) is 2.37. The molecule has 1 saturated carbocycles. The van der Waals surface area contributed by atoms with Gasteiger partial charge in [0.05, 0.1) is 0 Å². The fraction of sp³-hybridized carbons (Fsp3) is 1.00. The highest BCUT2D eigenvalue weighted by molar-refractivity contribution is 8.07. The normalized spacial score (nSPS) is 32.7. The Bertz CT molecular complexity index is 172. The average molecular weight is 256 g/mol. The van der Waals surface area contributed by atoms with Gasteiger partial charge in [-0.3, -0.25) is 0 Å². The molecule has 4 heteroatoms. The molecule has 0 aromatic rings. The summed E-state index contributed by atoms with van der Waals surface area (Å²) >= 11 is 9.05. The molecule has 2 atom stereocenters. The zero-order chi connectivity index (χ0) is 12.0. The number of thiol groups is 2. The van der Waals surface area contributed by atoms with Crippen LogP contribution in [0.3, 0.4) is 0 Å². The van der Waals surface area contributed by atoms with E-state index in [-0.39, 0.29) is 0 Å². The Balaban J connectivity index is 2.52. The first kappa shape index (κ1) is 14.9. The molecule has 0 N–H and O–H groups in total. The van der Waals surface area contributed by atoms with E-state index in [1.807, 2.05) is 0 Å². The van der Waals surface area contributed by atoms with Gasteiger partial charge in [-0.2, -0.15) is 0 Å². The molecule has 0 amide bonds. The summed E-state index contributed by atoms with van der Waals surface area (Å²) in [6, 6.07) is 0. The van der Waals surface area contributed by atoms with Gasteiger partial charge in [0.25, 0.3) is 0 Å². The van der Waals surface area contributed by atoms with Crippen LogP contribution >= 0.6 is 25.0 Å². The van der Waals surface area contributed by atoms with E-state index in [0.717, 1.165) is 36.6 Å². The van der Waals surface area contributed by atoms with E-state index in [1.165, 1.54) is 38.5 Å². The highest BCUT2D eigenvalue weighted by atomic mass is 32.1. The van der Waals surface area contributed by atoms with Crippen LogP contribution in [-0.4, -0.2) is 13.1 Å². The summed E-state index contributed by atoms with van der Waals surface area (Å²) < 4.78 is 0. The molecule has 0 aromatic heterocycles. The molecule has 2 unspecified atom stereocenters. The lowest BCUT2D eigenvalue weighted by Gasteiger charge is -2.22. The summed E-state index contributed by atoms with van der Waals surface area (Å²) in [5.41, 5.74) is 0. The maximum absolute atomic E-state index is 4.52. The Labute approximate surface area is 114 Å². The minimum atomic E-state index is 0.812. The van der Waals surface area contributed by atoms with E-state index < -0.39 is 0 Å². The van der Waals surface area contributed by atoms with Gasteiger partial charge < -0.3 is 0 Å². The molecule has 0 heterocycles. The summed E-state index contributed by atoms with van der Waals surface area (Å²) in [4.78, 5) is 0. The first-order valence-corrected chi connectivity index (χ1v) is 8.17. The Kier molecular flexibility index (Phi) is 7.47. The lowest BCUT2D eigenvalue weighted by atomic mass is 9.62. The smallest absolute Gasteiger partial charge is 0.190 e. The molecule has 0 aromatic carbocycles. The molecule has 0 radical (unpaired) electrons. The third-order valence-corrected chi connectivity index (χ3v) is 5.32. The Morgan fingerprint density at radius 3 is 1.62 bits per heavy atom. The van der Waals surface area contributed by atoms with Crippen LogP contribution in [0.5, 0.6) is 0 Å².